The molecule has 7 heteroatoms. The van der Waals surface area contributed by atoms with Crippen LogP contribution in [0.25, 0.3) is 28.0 Å². The number of nitrogens with one attached hydrogen (secondary N) is 1. The number of nitrogens with zero attached hydrogens (tertiary/aromatic N) is 4. The molecule has 0 radical (unpaired) electrons. The van der Waals surface area contributed by atoms with Gasteiger partial charge in [0.05, 0.1) is 22.3 Å². The Balaban J connectivity index is 1.98. The van der Waals surface area contributed by atoms with Crippen LogP contribution >= 0.6 is 0 Å². The Morgan fingerprint density at radius 2 is 2.16 bits per heavy atom. The van der Waals surface area contributed by atoms with E-state index in [1.54, 1.807) is 10.9 Å². The number of aryl methyl sites for hydroxylation is 1. The summed E-state index contributed by atoms with van der Waals surface area (Å²) in [4.78, 5) is 23.5. The fraction of sp³-hybridized carbons (Fsp3) is 0.111. The first-order valence-electron chi connectivity index (χ1n) is 7.89. The molecule has 0 spiro atoms. The molecule has 124 valence electrons. The van der Waals surface area contributed by atoms with Gasteiger partial charge in [0.25, 0.3) is 0 Å². The van der Waals surface area contributed by atoms with Gasteiger partial charge < -0.3 is 10.1 Å². The maximum absolute atomic E-state index is 11.6. The van der Waals surface area contributed by atoms with Gasteiger partial charge in [-0.3, -0.25) is 0 Å². The minimum atomic E-state index is -1.01. The predicted molar refractivity (Wildman–Crippen MR) is 92.8 cm³/mol. The topological polar surface area (TPSA) is 96.7 Å². The quantitative estimate of drug-likeness (QED) is 0.598. The third kappa shape index (κ3) is 2.55. The molecular formula is C18H15N5O2. The average molecular weight is 333 g/mol. The van der Waals surface area contributed by atoms with Crippen molar-refractivity contribution in [3.63, 3.8) is 0 Å². The molecule has 0 fully saturated rings. The van der Waals surface area contributed by atoms with E-state index in [4.69, 9.17) is 0 Å². The van der Waals surface area contributed by atoms with Crippen LogP contribution < -0.4 is 0 Å². The standard InChI is InChI=1S/C18H15N5O2/c1-2-14-21-16(15-13(18(24)25)10-19-17(15)22-14)11-5-3-6-12(9-11)23-8-4-7-20-23/h3-10H,2H2,1H3,(H,24,25)(H,19,21,22). The molecule has 0 aliphatic rings. The molecule has 1 aromatic carbocycles. The second-order valence-electron chi connectivity index (χ2n) is 5.57. The molecule has 25 heavy (non-hydrogen) atoms. The summed E-state index contributed by atoms with van der Waals surface area (Å²) in [6, 6.07) is 9.53. The van der Waals surface area contributed by atoms with Gasteiger partial charge in [-0.05, 0) is 18.2 Å². The Bertz CT molecular complexity index is 1070. The molecule has 7 nitrogen and oxygen atoms in total. The van der Waals surface area contributed by atoms with Crippen molar-refractivity contribution in [2.45, 2.75) is 13.3 Å². The van der Waals surface area contributed by atoms with Crippen LogP contribution in [0.3, 0.4) is 0 Å². The summed E-state index contributed by atoms with van der Waals surface area (Å²) < 4.78 is 1.75. The maximum Gasteiger partial charge on any atom is 0.338 e. The van der Waals surface area contributed by atoms with E-state index in [-0.39, 0.29) is 5.56 Å². The first kappa shape index (κ1) is 15.1. The molecule has 0 unspecified atom stereocenters. The fourth-order valence-corrected chi connectivity index (χ4v) is 2.83. The van der Waals surface area contributed by atoms with E-state index in [0.29, 0.717) is 29.0 Å². The highest BCUT2D eigenvalue weighted by molar-refractivity contribution is 6.07. The lowest BCUT2D eigenvalue weighted by atomic mass is 10.1. The number of rotatable bonds is 4. The molecule has 0 aliphatic carbocycles. The lowest BCUT2D eigenvalue weighted by molar-refractivity contribution is 0.0699. The number of benzene rings is 1. The Morgan fingerprint density at radius 3 is 2.88 bits per heavy atom. The summed E-state index contributed by atoms with van der Waals surface area (Å²) in [5, 5.41) is 14.2. The van der Waals surface area contributed by atoms with Crippen LogP contribution in [0, 0.1) is 0 Å². The van der Waals surface area contributed by atoms with Crippen LogP contribution in [0.15, 0.2) is 48.9 Å². The zero-order chi connectivity index (χ0) is 17.4. The van der Waals surface area contributed by atoms with E-state index < -0.39 is 5.97 Å². The molecule has 0 amide bonds. The van der Waals surface area contributed by atoms with Gasteiger partial charge >= 0.3 is 5.97 Å². The van der Waals surface area contributed by atoms with Crippen LogP contribution in [0.4, 0.5) is 0 Å². The van der Waals surface area contributed by atoms with Crippen LogP contribution in [-0.4, -0.2) is 35.8 Å². The summed E-state index contributed by atoms with van der Waals surface area (Å²) in [6.45, 7) is 1.96. The van der Waals surface area contributed by atoms with Crippen molar-refractivity contribution in [1.82, 2.24) is 24.7 Å². The van der Waals surface area contributed by atoms with E-state index in [1.807, 2.05) is 43.5 Å². The Kier molecular flexibility index (Phi) is 3.53. The Morgan fingerprint density at radius 1 is 1.28 bits per heavy atom. The predicted octanol–water partition coefficient (Wildman–Crippen LogP) is 3.07. The van der Waals surface area contributed by atoms with Crippen LogP contribution in [-0.2, 0) is 6.42 Å². The summed E-state index contributed by atoms with van der Waals surface area (Å²) in [6.07, 6.45) is 5.68. The van der Waals surface area contributed by atoms with E-state index in [9.17, 15) is 9.90 Å². The first-order valence-corrected chi connectivity index (χ1v) is 7.89. The molecule has 3 aromatic heterocycles. The summed E-state index contributed by atoms with van der Waals surface area (Å²) >= 11 is 0. The fourth-order valence-electron chi connectivity index (χ4n) is 2.83. The number of fused-ring (bicyclic) bond motifs is 1. The zero-order valence-electron chi connectivity index (χ0n) is 13.5. The van der Waals surface area contributed by atoms with Gasteiger partial charge in [-0.15, -0.1) is 0 Å². The summed E-state index contributed by atoms with van der Waals surface area (Å²) in [5.74, 6) is -0.352. The smallest absolute Gasteiger partial charge is 0.338 e. The normalized spacial score (nSPS) is 11.1. The van der Waals surface area contributed by atoms with E-state index in [0.717, 1.165) is 11.3 Å². The van der Waals surface area contributed by atoms with E-state index in [2.05, 4.69) is 20.1 Å². The SMILES string of the molecule is CCc1nc(-c2cccc(-n3cccn3)c2)c2c(C(=O)O)c[nH]c2n1. The van der Waals surface area contributed by atoms with Gasteiger partial charge in [0.15, 0.2) is 0 Å². The molecule has 4 rings (SSSR count). The lowest BCUT2D eigenvalue weighted by Crippen LogP contribution is -2.01. The highest BCUT2D eigenvalue weighted by Gasteiger charge is 2.19. The van der Waals surface area contributed by atoms with Crippen molar-refractivity contribution in [3.05, 3.63) is 60.3 Å². The number of carboxylic acid groups (broad SMARTS) is 1. The number of H-pyrrole nitrogens is 1. The van der Waals surface area contributed by atoms with Crippen LogP contribution in [0.2, 0.25) is 0 Å². The van der Waals surface area contributed by atoms with Crippen molar-refractivity contribution in [2.75, 3.05) is 0 Å². The van der Waals surface area contributed by atoms with Gasteiger partial charge in [0.2, 0.25) is 0 Å². The van der Waals surface area contributed by atoms with Gasteiger partial charge in [-0.2, -0.15) is 5.10 Å². The summed E-state index contributed by atoms with van der Waals surface area (Å²) in [7, 11) is 0. The number of carboxylic acids is 1. The van der Waals surface area contributed by atoms with Gasteiger partial charge in [0, 0.05) is 30.6 Å². The number of carbonyl (C=O) groups is 1. The third-order valence-corrected chi connectivity index (χ3v) is 4.01. The van der Waals surface area contributed by atoms with Crippen molar-refractivity contribution >= 4 is 17.0 Å². The lowest BCUT2D eigenvalue weighted by Gasteiger charge is -2.08. The molecule has 0 bridgehead atoms. The number of aromatic nitrogens is 5. The number of aromatic amines is 1. The Hall–Kier alpha value is -3.48. The number of aromatic carboxylic acids is 1. The molecule has 0 saturated carbocycles. The molecule has 0 aliphatic heterocycles. The van der Waals surface area contributed by atoms with E-state index in [1.165, 1.54) is 6.20 Å². The monoisotopic (exact) mass is 333 g/mol. The highest BCUT2D eigenvalue weighted by atomic mass is 16.4. The second kappa shape index (κ2) is 5.86. The van der Waals surface area contributed by atoms with Crippen LogP contribution in [0.5, 0.6) is 0 Å². The van der Waals surface area contributed by atoms with E-state index >= 15 is 0 Å². The minimum Gasteiger partial charge on any atom is -0.478 e. The maximum atomic E-state index is 11.6. The van der Waals surface area contributed by atoms with Crippen molar-refractivity contribution in [3.8, 4) is 16.9 Å². The number of hydrogen-bond acceptors (Lipinski definition) is 4. The van der Waals surface area contributed by atoms with Crippen LogP contribution in [0.1, 0.15) is 23.1 Å². The molecule has 3 heterocycles. The second-order valence-corrected chi connectivity index (χ2v) is 5.57. The molecule has 2 N–H and O–H groups in total. The van der Waals surface area contributed by atoms with Crippen molar-refractivity contribution in [2.24, 2.45) is 0 Å². The van der Waals surface area contributed by atoms with Crippen molar-refractivity contribution in [1.29, 1.82) is 0 Å². The average Bonchev–Trinajstić information content (AvgIpc) is 3.30. The van der Waals surface area contributed by atoms with Crippen molar-refractivity contribution < 1.29 is 9.90 Å². The molecule has 0 atom stereocenters. The molecule has 0 saturated heterocycles. The summed E-state index contributed by atoms with van der Waals surface area (Å²) in [5.41, 5.74) is 2.99. The molecule has 4 aromatic rings. The number of hydrogen-bond donors (Lipinski definition) is 2. The zero-order valence-corrected chi connectivity index (χ0v) is 13.5. The minimum absolute atomic E-state index is 0.164. The van der Waals surface area contributed by atoms with Gasteiger partial charge in [0.1, 0.15) is 11.5 Å². The largest absolute Gasteiger partial charge is 0.478 e. The third-order valence-electron chi connectivity index (χ3n) is 4.01. The van der Waals surface area contributed by atoms with Gasteiger partial charge in [-0.1, -0.05) is 19.1 Å². The van der Waals surface area contributed by atoms with Gasteiger partial charge in [-0.25, -0.2) is 19.4 Å². The molecular weight excluding hydrogens is 318 g/mol. The highest BCUT2D eigenvalue weighted by Crippen LogP contribution is 2.30. The Labute approximate surface area is 143 Å². The first-order chi connectivity index (χ1) is 12.2.